The maximum Gasteiger partial charge on any atom is 0.285 e. The van der Waals surface area contributed by atoms with Crippen LogP contribution in [0, 0.1) is 0 Å². The van der Waals surface area contributed by atoms with E-state index >= 15 is 0 Å². The topological polar surface area (TPSA) is 51.0 Å². The minimum Gasteiger partial charge on any atom is -0.339 e. The van der Waals surface area contributed by atoms with E-state index in [-0.39, 0.29) is 5.24 Å². The number of thioether (sulfide) groups is 2. The van der Waals surface area contributed by atoms with Crippen molar-refractivity contribution in [1.29, 1.82) is 0 Å². The van der Waals surface area contributed by atoms with E-state index < -0.39 is 0 Å². The monoisotopic (exact) mass is 322 g/mol. The van der Waals surface area contributed by atoms with Gasteiger partial charge in [0.25, 0.3) is 5.24 Å². The summed E-state index contributed by atoms with van der Waals surface area (Å²) < 4.78 is 1.93. The smallest absolute Gasteiger partial charge is 0.285 e. The van der Waals surface area contributed by atoms with Crippen LogP contribution in [0.15, 0.2) is 35.5 Å². The van der Waals surface area contributed by atoms with Crippen LogP contribution in [-0.2, 0) is 18.6 Å². The van der Waals surface area contributed by atoms with Crippen molar-refractivity contribution >= 4 is 28.8 Å². The fourth-order valence-corrected chi connectivity index (χ4v) is 3.29. The van der Waals surface area contributed by atoms with E-state index in [2.05, 4.69) is 22.3 Å². The Morgan fingerprint density at radius 1 is 1.33 bits per heavy atom. The Morgan fingerprint density at radius 2 is 2.14 bits per heavy atom. The molecule has 7 heteroatoms. The van der Waals surface area contributed by atoms with Crippen molar-refractivity contribution in [3.05, 3.63) is 42.0 Å². The van der Waals surface area contributed by atoms with Crippen molar-refractivity contribution in [2.75, 3.05) is 14.1 Å². The van der Waals surface area contributed by atoms with Gasteiger partial charge in [0.05, 0.1) is 5.75 Å². The molecule has 1 heterocycles. The molecule has 2 aromatic rings. The van der Waals surface area contributed by atoms with Crippen LogP contribution >= 0.6 is 23.5 Å². The summed E-state index contributed by atoms with van der Waals surface area (Å²) >= 11 is 3.04. The van der Waals surface area contributed by atoms with Crippen LogP contribution in [0.2, 0.25) is 0 Å². The van der Waals surface area contributed by atoms with Gasteiger partial charge in [0.1, 0.15) is 12.2 Å². The van der Waals surface area contributed by atoms with Crippen molar-refractivity contribution in [1.82, 2.24) is 19.7 Å². The minimum atomic E-state index is 0.0406. The van der Waals surface area contributed by atoms with E-state index in [0.29, 0.717) is 0 Å². The quantitative estimate of drug-likeness (QED) is 0.792. The molecule has 0 saturated heterocycles. The molecule has 0 radical (unpaired) electrons. The normalized spacial score (nSPS) is 10.6. The Bertz CT molecular complexity index is 613. The molecule has 0 aliphatic carbocycles. The fraction of sp³-hybridized carbons (Fsp3) is 0.357. The third-order valence-corrected chi connectivity index (χ3v) is 4.80. The largest absolute Gasteiger partial charge is 0.339 e. The van der Waals surface area contributed by atoms with Crippen LogP contribution < -0.4 is 0 Å². The number of aryl methyl sites for hydroxylation is 1. The van der Waals surface area contributed by atoms with Crippen molar-refractivity contribution < 1.29 is 4.79 Å². The summed E-state index contributed by atoms with van der Waals surface area (Å²) in [6.07, 6.45) is 1.71. The molecule has 2 rings (SSSR count). The zero-order valence-electron chi connectivity index (χ0n) is 12.3. The second-order valence-electron chi connectivity index (χ2n) is 4.76. The summed E-state index contributed by atoms with van der Waals surface area (Å²) in [6.45, 7) is 0. The van der Waals surface area contributed by atoms with Crippen molar-refractivity contribution in [3.8, 4) is 0 Å². The van der Waals surface area contributed by atoms with E-state index in [9.17, 15) is 4.79 Å². The Morgan fingerprint density at radius 3 is 2.81 bits per heavy atom. The third-order valence-electron chi connectivity index (χ3n) is 2.77. The Labute approximate surface area is 133 Å². The summed E-state index contributed by atoms with van der Waals surface area (Å²) in [7, 11) is 5.46. The van der Waals surface area contributed by atoms with Gasteiger partial charge in [-0.05, 0) is 29.5 Å². The first-order valence-corrected chi connectivity index (χ1v) is 8.42. The van der Waals surface area contributed by atoms with E-state index in [0.717, 1.165) is 22.2 Å². The number of nitrogens with zero attached hydrogens (tertiary/aromatic N) is 4. The zero-order chi connectivity index (χ0) is 15.2. The number of benzene rings is 1. The molecule has 1 aromatic heterocycles. The molecule has 0 fully saturated rings. The van der Waals surface area contributed by atoms with Gasteiger partial charge in [-0.25, -0.2) is 0 Å². The lowest BCUT2D eigenvalue weighted by atomic mass is 10.2. The highest BCUT2D eigenvalue weighted by atomic mass is 32.2. The molecule has 0 bridgehead atoms. The molecule has 0 unspecified atom stereocenters. The van der Waals surface area contributed by atoms with Gasteiger partial charge in [0, 0.05) is 31.8 Å². The van der Waals surface area contributed by atoms with Gasteiger partial charge in [0.15, 0.2) is 0 Å². The highest BCUT2D eigenvalue weighted by Crippen LogP contribution is 2.24. The molecule has 0 atom stereocenters. The SMILES string of the molecule is CN(C)C(=O)Sc1cccc(CSCc2nncn2C)c1. The fourth-order valence-electron chi connectivity index (χ4n) is 1.59. The summed E-state index contributed by atoms with van der Waals surface area (Å²) in [5.74, 6) is 2.68. The van der Waals surface area contributed by atoms with Gasteiger partial charge < -0.3 is 9.47 Å². The van der Waals surface area contributed by atoms with Crippen LogP contribution in [-0.4, -0.2) is 39.0 Å². The van der Waals surface area contributed by atoms with Crippen LogP contribution in [0.1, 0.15) is 11.4 Å². The average molecular weight is 322 g/mol. The van der Waals surface area contributed by atoms with Crippen LogP contribution in [0.25, 0.3) is 0 Å². The third kappa shape index (κ3) is 4.78. The Balaban J connectivity index is 1.89. The number of aromatic nitrogens is 3. The highest BCUT2D eigenvalue weighted by molar-refractivity contribution is 8.13. The van der Waals surface area contributed by atoms with Gasteiger partial charge in [-0.15, -0.1) is 22.0 Å². The molecule has 5 nitrogen and oxygen atoms in total. The van der Waals surface area contributed by atoms with Gasteiger partial charge in [0.2, 0.25) is 0 Å². The Kier molecular flexibility index (Phi) is 5.69. The summed E-state index contributed by atoms with van der Waals surface area (Å²) in [5, 5.41) is 7.97. The summed E-state index contributed by atoms with van der Waals surface area (Å²) in [4.78, 5) is 14.3. The van der Waals surface area contributed by atoms with Gasteiger partial charge >= 0.3 is 0 Å². The molecule has 0 saturated carbocycles. The lowest BCUT2D eigenvalue weighted by molar-refractivity contribution is 0.241. The Hall–Kier alpha value is -1.47. The van der Waals surface area contributed by atoms with Gasteiger partial charge in [-0.3, -0.25) is 4.79 Å². The second-order valence-corrected chi connectivity index (χ2v) is 6.77. The average Bonchev–Trinajstić information content (AvgIpc) is 2.85. The summed E-state index contributed by atoms with van der Waals surface area (Å²) in [5.41, 5.74) is 1.21. The standard InChI is InChI=1S/C14H18N4OS2/c1-17(2)14(19)21-12-6-4-5-11(7-12)8-20-9-13-16-15-10-18(13)3/h4-7,10H,8-9H2,1-3H3. The molecule has 0 N–H and O–H groups in total. The summed E-state index contributed by atoms with van der Waals surface area (Å²) in [6, 6.07) is 8.09. The number of hydrogen-bond donors (Lipinski definition) is 0. The van der Waals surface area contributed by atoms with E-state index in [1.807, 2.05) is 23.7 Å². The number of rotatable bonds is 5. The first-order chi connectivity index (χ1) is 10.1. The molecule has 0 aliphatic heterocycles. The molecule has 0 aliphatic rings. The maximum absolute atomic E-state index is 11.7. The zero-order valence-corrected chi connectivity index (χ0v) is 13.9. The molecule has 112 valence electrons. The van der Waals surface area contributed by atoms with Crippen LogP contribution in [0.4, 0.5) is 4.79 Å². The number of carbonyl (C=O) groups excluding carboxylic acids is 1. The van der Waals surface area contributed by atoms with E-state index in [1.165, 1.54) is 17.3 Å². The molecule has 1 amide bonds. The van der Waals surface area contributed by atoms with Crippen LogP contribution in [0.5, 0.6) is 0 Å². The molecular weight excluding hydrogens is 304 g/mol. The maximum atomic E-state index is 11.7. The van der Waals surface area contributed by atoms with Crippen molar-refractivity contribution in [2.45, 2.75) is 16.4 Å². The number of amides is 1. The predicted molar refractivity (Wildman–Crippen MR) is 87.4 cm³/mol. The lowest BCUT2D eigenvalue weighted by Gasteiger charge is -2.09. The minimum absolute atomic E-state index is 0.0406. The van der Waals surface area contributed by atoms with Crippen molar-refractivity contribution in [3.63, 3.8) is 0 Å². The highest BCUT2D eigenvalue weighted by Gasteiger charge is 2.07. The van der Waals surface area contributed by atoms with Gasteiger partial charge in [-0.2, -0.15) is 0 Å². The van der Waals surface area contributed by atoms with E-state index in [4.69, 9.17) is 0 Å². The lowest BCUT2D eigenvalue weighted by Crippen LogP contribution is -2.15. The van der Waals surface area contributed by atoms with E-state index in [1.54, 1.807) is 37.1 Å². The molecule has 0 spiro atoms. The van der Waals surface area contributed by atoms with Crippen molar-refractivity contribution in [2.24, 2.45) is 7.05 Å². The van der Waals surface area contributed by atoms with Gasteiger partial charge in [-0.1, -0.05) is 12.1 Å². The molecule has 21 heavy (non-hydrogen) atoms. The van der Waals surface area contributed by atoms with Crippen LogP contribution in [0.3, 0.4) is 0 Å². The molecular formula is C14H18N4OS2. The predicted octanol–water partition coefficient (Wildman–Crippen LogP) is 3.02. The number of hydrogen-bond acceptors (Lipinski definition) is 5. The number of carbonyl (C=O) groups is 1. The first-order valence-electron chi connectivity index (χ1n) is 6.45. The second kappa shape index (κ2) is 7.51. The molecule has 1 aromatic carbocycles. The first kappa shape index (κ1) is 15.9.